The minimum absolute atomic E-state index is 0.0409. The van der Waals surface area contributed by atoms with Gasteiger partial charge in [0.2, 0.25) is 0 Å². The monoisotopic (exact) mass is 417 g/mol. The van der Waals surface area contributed by atoms with Crippen LogP contribution in [-0.2, 0) is 22.4 Å². The summed E-state index contributed by atoms with van der Waals surface area (Å²) in [4.78, 5) is 18.1. The number of nitrogens with zero attached hydrogens (tertiary/aromatic N) is 1. The average Bonchev–Trinajstić information content (AvgIpc) is 3.43. The lowest BCUT2D eigenvalue weighted by Crippen LogP contribution is -2.46. The predicted octanol–water partition coefficient (Wildman–Crippen LogP) is 3.78. The molecule has 1 saturated carbocycles. The number of rotatable bonds is 9. The Labute approximate surface area is 176 Å². The first-order valence-electron chi connectivity index (χ1n) is 10.5. The number of hydrogen-bond acceptors (Lipinski definition) is 5. The molecule has 1 fully saturated rings. The Balaban J connectivity index is 1.49. The van der Waals surface area contributed by atoms with E-state index in [4.69, 9.17) is 14.1 Å². The first kappa shape index (κ1) is 21.4. The number of furan rings is 1. The lowest BCUT2D eigenvalue weighted by atomic mass is 9.86. The summed E-state index contributed by atoms with van der Waals surface area (Å²) in [7, 11) is 0. The highest BCUT2D eigenvalue weighted by molar-refractivity contribution is 7.09. The maximum atomic E-state index is 11.9. The molecule has 2 aromatic rings. The molecule has 0 radical (unpaired) electrons. The summed E-state index contributed by atoms with van der Waals surface area (Å²) in [6, 6.07) is 8.45. The van der Waals surface area contributed by atoms with Crippen molar-refractivity contribution in [1.82, 2.24) is 10.6 Å². The molecule has 6 nitrogen and oxygen atoms in total. The normalized spacial score (nSPS) is 19.7. The molecule has 2 N–H and O–H groups in total. The van der Waals surface area contributed by atoms with E-state index in [1.54, 1.807) is 17.6 Å². The molecular weight excluding hydrogens is 386 g/mol. The van der Waals surface area contributed by atoms with Gasteiger partial charge in [0.05, 0.1) is 18.8 Å². The maximum Gasteiger partial charge on any atom is 0.308 e. The van der Waals surface area contributed by atoms with Gasteiger partial charge in [-0.2, -0.15) is 0 Å². The Morgan fingerprint density at radius 1 is 1.24 bits per heavy atom. The molecular formula is C22H31N3O3S. The van der Waals surface area contributed by atoms with E-state index in [1.165, 1.54) is 4.88 Å². The third kappa shape index (κ3) is 7.24. The second-order valence-corrected chi connectivity index (χ2v) is 8.29. The van der Waals surface area contributed by atoms with Crippen molar-refractivity contribution in [1.29, 1.82) is 0 Å². The van der Waals surface area contributed by atoms with Crippen molar-refractivity contribution >= 4 is 23.3 Å². The molecule has 2 aromatic heterocycles. The van der Waals surface area contributed by atoms with Gasteiger partial charge in [0.15, 0.2) is 5.96 Å². The van der Waals surface area contributed by atoms with Crippen molar-refractivity contribution in [3.8, 4) is 0 Å². The van der Waals surface area contributed by atoms with E-state index in [2.05, 4.69) is 28.1 Å². The number of thiophene rings is 1. The molecule has 0 aromatic carbocycles. The van der Waals surface area contributed by atoms with Gasteiger partial charge >= 0.3 is 5.97 Å². The fourth-order valence-corrected chi connectivity index (χ4v) is 4.27. The van der Waals surface area contributed by atoms with E-state index in [9.17, 15) is 4.79 Å². The molecule has 0 atom stereocenters. The quantitative estimate of drug-likeness (QED) is 0.369. The number of carbonyl (C=O) groups excluding carboxylic acids is 1. The molecule has 0 spiro atoms. The van der Waals surface area contributed by atoms with Gasteiger partial charge in [0.1, 0.15) is 5.76 Å². The number of guanidine groups is 1. The number of hydrogen-bond donors (Lipinski definition) is 2. The topological polar surface area (TPSA) is 75.9 Å². The van der Waals surface area contributed by atoms with Crippen LogP contribution < -0.4 is 10.6 Å². The summed E-state index contributed by atoms with van der Waals surface area (Å²) in [5.41, 5.74) is 0. The van der Waals surface area contributed by atoms with Crippen LogP contribution in [0, 0.1) is 5.92 Å². The third-order valence-electron chi connectivity index (χ3n) is 5.14. The molecule has 158 valence electrons. The van der Waals surface area contributed by atoms with Gasteiger partial charge in [-0.25, -0.2) is 0 Å². The Bertz CT molecular complexity index is 735. The fourth-order valence-electron chi connectivity index (χ4n) is 3.57. The highest BCUT2D eigenvalue weighted by Crippen LogP contribution is 2.25. The molecule has 0 aliphatic heterocycles. The zero-order chi connectivity index (χ0) is 20.3. The van der Waals surface area contributed by atoms with Crippen LogP contribution >= 0.6 is 11.3 Å². The van der Waals surface area contributed by atoms with E-state index in [0.29, 0.717) is 12.6 Å². The molecule has 0 bridgehead atoms. The maximum absolute atomic E-state index is 11.9. The Morgan fingerprint density at radius 2 is 2.10 bits per heavy atom. The zero-order valence-corrected chi connectivity index (χ0v) is 17.9. The minimum atomic E-state index is -0.0487. The van der Waals surface area contributed by atoms with Gasteiger partial charge < -0.3 is 19.8 Å². The first-order valence-corrected chi connectivity index (χ1v) is 11.4. The second kappa shape index (κ2) is 11.7. The number of carbonyl (C=O) groups is 1. The van der Waals surface area contributed by atoms with Gasteiger partial charge in [0.25, 0.3) is 0 Å². The molecule has 7 heteroatoms. The van der Waals surface area contributed by atoms with E-state index in [1.807, 2.05) is 19.1 Å². The summed E-state index contributed by atoms with van der Waals surface area (Å²) in [6.07, 6.45) is 7.09. The van der Waals surface area contributed by atoms with E-state index in [-0.39, 0.29) is 11.9 Å². The van der Waals surface area contributed by atoms with Crippen LogP contribution in [0.2, 0.25) is 0 Å². The fraction of sp³-hybridized carbons (Fsp3) is 0.545. The first-order chi connectivity index (χ1) is 14.2. The summed E-state index contributed by atoms with van der Waals surface area (Å²) in [6.45, 7) is 3.82. The summed E-state index contributed by atoms with van der Waals surface area (Å²) < 4.78 is 10.6. The van der Waals surface area contributed by atoms with Gasteiger partial charge in [-0.15, -0.1) is 11.3 Å². The molecule has 1 aliphatic rings. The predicted molar refractivity (Wildman–Crippen MR) is 116 cm³/mol. The molecule has 0 saturated heterocycles. The number of nitrogens with one attached hydrogen (secondary N) is 2. The van der Waals surface area contributed by atoms with Crippen molar-refractivity contribution in [3.63, 3.8) is 0 Å². The molecule has 1 aliphatic carbocycles. The Kier molecular flexibility index (Phi) is 8.61. The zero-order valence-electron chi connectivity index (χ0n) is 17.1. The molecule has 0 amide bonds. The van der Waals surface area contributed by atoms with Crippen molar-refractivity contribution in [3.05, 3.63) is 46.5 Å². The van der Waals surface area contributed by atoms with Crippen LogP contribution in [0.5, 0.6) is 0 Å². The van der Waals surface area contributed by atoms with E-state index >= 15 is 0 Å². The largest absolute Gasteiger partial charge is 0.469 e. The lowest BCUT2D eigenvalue weighted by Gasteiger charge is -2.29. The Morgan fingerprint density at radius 3 is 2.79 bits per heavy atom. The van der Waals surface area contributed by atoms with Crippen molar-refractivity contribution in [2.24, 2.45) is 10.9 Å². The number of esters is 1. The molecule has 2 heterocycles. The highest BCUT2D eigenvalue weighted by Gasteiger charge is 2.27. The van der Waals surface area contributed by atoms with Crippen LogP contribution in [0.1, 0.15) is 43.2 Å². The van der Waals surface area contributed by atoms with Crippen LogP contribution in [0.15, 0.2) is 45.3 Å². The highest BCUT2D eigenvalue weighted by atomic mass is 32.1. The smallest absolute Gasteiger partial charge is 0.308 e. The van der Waals surface area contributed by atoms with Crippen LogP contribution in [0.3, 0.4) is 0 Å². The third-order valence-corrected chi connectivity index (χ3v) is 6.08. The second-order valence-electron chi connectivity index (χ2n) is 7.26. The molecule has 3 rings (SSSR count). The van der Waals surface area contributed by atoms with Gasteiger partial charge in [-0.1, -0.05) is 6.07 Å². The standard InChI is InChI=1S/C22H31N3O3S/c1-2-27-21(26)17-7-9-18(10-8-17)25-22(23-13-11-19-5-3-15-28-19)24-14-12-20-6-4-16-29-20/h3-6,15-18H,2,7-14H2,1H3,(H2,23,24,25). The SMILES string of the molecule is CCOC(=O)C1CCC(NC(=NCCc2cccs2)NCCc2ccco2)CC1. The number of ether oxygens (including phenoxy) is 1. The van der Waals surface area contributed by atoms with E-state index < -0.39 is 0 Å². The van der Waals surface area contributed by atoms with Gasteiger partial charge in [0, 0.05) is 36.9 Å². The number of aliphatic imine (C=N–C) groups is 1. The van der Waals surface area contributed by atoms with Crippen molar-refractivity contribution in [2.75, 3.05) is 19.7 Å². The van der Waals surface area contributed by atoms with Crippen molar-refractivity contribution < 1.29 is 13.9 Å². The van der Waals surface area contributed by atoms with Crippen LogP contribution in [0.4, 0.5) is 0 Å². The van der Waals surface area contributed by atoms with Crippen LogP contribution in [0.25, 0.3) is 0 Å². The lowest BCUT2D eigenvalue weighted by molar-refractivity contribution is -0.149. The summed E-state index contributed by atoms with van der Waals surface area (Å²) in [5, 5.41) is 9.10. The molecule has 29 heavy (non-hydrogen) atoms. The average molecular weight is 418 g/mol. The minimum Gasteiger partial charge on any atom is -0.469 e. The van der Waals surface area contributed by atoms with E-state index in [0.717, 1.165) is 63.3 Å². The molecule has 0 unspecified atom stereocenters. The van der Waals surface area contributed by atoms with Crippen LogP contribution in [-0.4, -0.2) is 37.7 Å². The van der Waals surface area contributed by atoms with Gasteiger partial charge in [-0.05, 0) is 56.2 Å². The summed E-state index contributed by atoms with van der Waals surface area (Å²) in [5.74, 6) is 1.80. The summed E-state index contributed by atoms with van der Waals surface area (Å²) >= 11 is 1.77. The Hall–Kier alpha value is -2.28. The van der Waals surface area contributed by atoms with Gasteiger partial charge in [-0.3, -0.25) is 9.79 Å². The van der Waals surface area contributed by atoms with Crippen molar-refractivity contribution in [2.45, 2.75) is 51.5 Å².